The number of carbonyl (C=O) groups is 1. The fraction of sp³-hybridized carbons (Fsp3) is 0.444. The first kappa shape index (κ1) is 12.8. The number of aliphatic carboxylic acids is 1. The van der Waals surface area contributed by atoms with Crippen molar-refractivity contribution in [1.29, 1.82) is 0 Å². The van der Waals surface area contributed by atoms with Crippen LogP contribution in [-0.2, 0) is 9.53 Å². The van der Waals surface area contributed by atoms with Gasteiger partial charge in [0.15, 0.2) is 6.10 Å². The minimum Gasteiger partial charge on any atom is -0.479 e. The van der Waals surface area contributed by atoms with E-state index in [2.05, 4.69) is 4.74 Å². The molecule has 0 aromatic carbocycles. The van der Waals surface area contributed by atoms with E-state index in [0.717, 1.165) is 25.3 Å². The van der Waals surface area contributed by atoms with Crippen molar-refractivity contribution in [3.8, 4) is 0 Å². The molecule has 0 saturated heterocycles. The van der Waals surface area contributed by atoms with Gasteiger partial charge in [0.1, 0.15) is 0 Å². The molecule has 0 heterocycles. The highest BCUT2D eigenvalue weighted by atomic mass is 16.7. The summed E-state index contributed by atoms with van der Waals surface area (Å²) in [5, 5.41) is 46.1. The fourth-order valence-electron chi connectivity index (χ4n) is 1.23. The van der Waals surface area contributed by atoms with Crippen LogP contribution in [0.15, 0.2) is 23.8 Å². The van der Waals surface area contributed by atoms with E-state index in [1.54, 1.807) is 0 Å². The normalized spacial score (nSPS) is 29.7. The van der Waals surface area contributed by atoms with Crippen LogP contribution >= 0.6 is 0 Å². The van der Waals surface area contributed by atoms with Crippen LogP contribution in [0.5, 0.6) is 0 Å². The lowest BCUT2D eigenvalue weighted by Gasteiger charge is -2.36. The zero-order valence-corrected chi connectivity index (χ0v) is 8.36. The highest BCUT2D eigenvalue weighted by molar-refractivity contribution is 5.77. The van der Waals surface area contributed by atoms with E-state index in [1.807, 2.05) is 0 Å². The number of hydrogen-bond donors (Lipinski definition) is 5. The van der Waals surface area contributed by atoms with Crippen LogP contribution < -0.4 is 0 Å². The highest BCUT2D eigenvalue weighted by Crippen LogP contribution is 2.30. The van der Waals surface area contributed by atoms with E-state index in [-0.39, 0.29) is 5.57 Å². The van der Waals surface area contributed by atoms with Gasteiger partial charge in [-0.1, -0.05) is 6.08 Å². The van der Waals surface area contributed by atoms with E-state index in [9.17, 15) is 25.2 Å². The van der Waals surface area contributed by atoms with Gasteiger partial charge in [-0.3, -0.25) is 0 Å². The third-order valence-electron chi connectivity index (χ3n) is 2.26. The maximum absolute atomic E-state index is 10.5. The van der Waals surface area contributed by atoms with Gasteiger partial charge in [0.2, 0.25) is 11.6 Å². The van der Waals surface area contributed by atoms with Crippen LogP contribution in [0.25, 0.3) is 0 Å². The van der Waals surface area contributed by atoms with Crippen LogP contribution in [0.2, 0.25) is 0 Å². The van der Waals surface area contributed by atoms with E-state index in [0.29, 0.717) is 0 Å². The van der Waals surface area contributed by atoms with Gasteiger partial charge in [-0.25, -0.2) is 4.79 Å². The molecule has 0 saturated carbocycles. The largest absolute Gasteiger partial charge is 0.479 e. The van der Waals surface area contributed by atoms with Gasteiger partial charge in [-0.2, -0.15) is 0 Å². The first-order valence-electron chi connectivity index (χ1n) is 4.28. The number of hydrogen-bond acceptors (Lipinski definition) is 6. The number of methoxy groups -OCH3 is 1. The van der Waals surface area contributed by atoms with Crippen molar-refractivity contribution in [1.82, 2.24) is 0 Å². The lowest BCUT2D eigenvalue weighted by atomic mass is 9.93. The van der Waals surface area contributed by atoms with Gasteiger partial charge in [0.05, 0.1) is 0 Å². The average Bonchev–Trinajstić information content (AvgIpc) is 2.21. The average molecular weight is 232 g/mol. The monoisotopic (exact) mass is 232 g/mol. The molecule has 0 aromatic rings. The minimum atomic E-state index is -2.69. The number of rotatable bonds is 3. The first-order valence-corrected chi connectivity index (χ1v) is 4.28. The van der Waals surface area contributed by atoms with Crippen molar-refractivity contribution in [3.63, 3.8) is 0 Å². The van der Waals surface area contributed by atoms with Crippen LogP contribution in [0, 0.1) is 0 Å². The summed E-state index contributed by atoms with van der Waals surface area (Å²) >= 11 is 0. The Balaban J connectivity index is 3.10. The lowest BCUT2D eigenvalue weighted by molar-refractivity contribution is -0.319. The van der Waals surface area contributed by atoms with Gasteiger partial charge < -0.3 is 30.3 Å². The number of carboxylic acid groups (broad SMARTS) is 1. The Hall–Kier alpha value is -1.25. The standard InChI is InChI=1S/C9H12O7/c1-16-9(15)4-5(6(10)7(11)12)2-3-8(9,13)14/h2-4,6,10,13-15H,1H3,(H,11,12). The van der Waals surface area contributed by atoms with E-state index in [1.165, 1.54) is 0 Å². The summed E-state index contributed by atoms with van der Waals surface area (Å²) in [5.41, 5.74) is -0.212. The van der Waals surface area contributed by atoms with Crippen LogP contribution in [0.1, 0.15) is 0 Å². The molecule has 0 spiro atoms. The van der Waals surface area contributed by atoms with Crippen molar-refractivity contribution in [2.24, 2.45) is 0 Å². The van der Waals surface area contributed by atoms with E-state index in [4.69, 9.17) is 5.11 Å². The molecule has 2 atom stereocenters. The van der Waals surface area contributed by atoms with E-state index >= 15 is 0 Å². The highest BCUT2D eigenvalue weighted by Gasteiger charge is 2.48. The molecule has 0 radical (unpaired) electrons. The van der Waals surface area contributed by atoms with Gasteiger partial charge in [0.25, 0.3) is 0 Å². The van der Waals surface area contributed by atoms with Crippen molar-refractivity contribution >= 4 is 5.97 Å². The van der Waals surface area contributed by atoms with Gasteiger partial charge in [0, 0.05) is 7.11 Å². The zero-order valence-electron chi connectivity index (χ0n) is 8.36. The van der Waals surface area contributed by atoms with Gasteiger partial charge >= 0.3 is 5.97 Å². The number of aliphatic hydroxyl groups is 4. The predicted octanol–water partition coefficient (Wildman–Crippen LogP) is -2.06. The minimum absolute atomic E-state index is 0.212. The van der Waals surface area contributed by atoms with Crippen LogP contribution in [0.3, 0.4) is 0 Å². The third-order valence-corrected chi connectivity index (χ3v) is 2.26. The number of carboxylic acids is 1. The quantitative estimate of drug-likeness (QED) is 0.354. The Labute approximate surface area is 90.5 Å². The van der Waals surface area contributed by atoms with Crippen molar-refractivity contribution < 1.29 is 35.1 Å². The third kappa shape index (κ3) is 1.99. The molecular formula is C9H12O7. The second-order valence-corrected chi connectivity index (χ2v) is 3.35. The summed E-state index contributed by atoms with van der Waals surface area (Å²) < 4.78 is 4.48. The Morgan fingerprint density at radius 3 is 2.44 bits per heavy atom. The second-order valence-electron chi connectivity index (χ2n) is 3.35. The van der Waals surface area contributed by atoms with Crippen LogP contribution in [0.4, 0.5) is 0 Å². The number of aliphatic hydroxyl groups excluding tert-OH is 1. The molecule has 1 aliphatic rings. The van der Waals surface area contributed by atoms with Crippen molar-refractivity contribution in [2.45, 2.75) is 17.7 Å². The molecule has 0 fully saturated rings. The molecule has 1 rings (SSSR count). The summed E-state index contributed by atoms with van der Waals surface area (Å²) in [4.78, 5) is 10.5. The van der Waals surface area contributed by atoms with Gasteiger partial charge in [-0.05, 0) is 17.7 Å². The summed E-state index contributed by atoms with van der Waals surface area (Å²) in [7, 11) is 1.00. The van der Waals surface area contributed by atoms with Crippen molar-refractivity contribution in [3.05, 3.63) is 23.8 Å². The summed E-state index contributed by atoms with van der Waals surface area (Å²) in [6.45, 7) is 0. The molecule has 7 heteroatoms. The molecule has 90 valence electrons. The van der Waals surface area contributed by atoms with E-state index < -0.39 is 23.6 Å². The van der Waals surface area contributed by atoms with Crippen LogP contribution in [-0.4, -0.2) is 56.3 Å². The molecular weight excluding hydrogens is 220 g/mol. The van der Waals surface area contributed by atoms with Crippen molar-refractivity contribution in [2.75, 3.05) is 7.11 Å². The summed E-state index contributed by atoms with van der Waals surface area (Å²) in [6, 6.07) is 0. The smallest absolute Gasteiger partial charge is 0.337 e. The molecule has 0 aromatic heterocycles. The molecule has 16 heavy (non-hydrogen) atoms. The molecule has 0 amide bonds. The SMILES string of the molecule is COC1(O)C=C(C(O)C(=O)O)C=CC1(O)O. The molecule has 2 unspecified atom stereocenters. The predicted molar refractivity (Wildman–Crippen MR) is 50.0 cm³/mol. The second kappa shape index (κ2) is 3.96. The Kier molecular flexibility index (Phi) is 3.17. The molecule has 5 N–H and O–H groups in total. The molecule has 0 aliphatic heterocycles. The Morgan fingerprint density at radius 2 is 2.00 bits per heavy atom. The molecule has 1 aliphatic carbocycles. The zero-order chi connectivity index (χ0) is 12.6. The Bertz CT molecular complexity index is 357. The fourth-order valence-corrected chi connectivity index (χ4v) is 1.23. The Morgan fingerprint density at radius 1 is 1.44 bits per heavy atom. The number of ether oxygens (including phenoxy) is 1. The lowest BCUT2D eigenvalue weighted by Crippen LogP contribution is -2.55. The first-order chi connectivity index (χ1) is 7.23. The maximum Gasteiger partial charge on any atom is 0.337 e. The summed E-state index contributed by atoms with van der Waals surface area (Å²) in [6.07, 6.45) is 0.546. The molecule has 0 bridgehead atoms. The van der Waals surface area contributed by atoms with Gasteiger partial charge in [-0.15, -0.1) is 0 Å². The maximum atomic E-state index is 10.5. The topological polar surface area (TPSA) is 127 Å². The molecule has 7 nitrogen and oxygen atoms in total. The summed E-state index contributed by atoms with van der Waals surface area (Å²) in [5.74, 6) is -6.73.